The number of carbonyl (C=O) groups is 1. The molecule has 0 aromatic heterocycles. The Bertz CT molecular complexity index is 800. The Kier molecular flexibility index (Phi) is 5.43. The van der Waals surface area contributed by atoms with Crippen LogP contribution in [0.2, 0.25) is 0 Å². The average molecular weight is 381 g/mol. The van der Waals surface area contributed by atoms with E-state index in [0.717, 1.165) is 12.1 Å². The molecule has 0 saturated carbocycles. The van der Waals surface area contributed by atoms with Gasteiger partial charge in [0.25, 0.3) is 5.91 Å². The number of anilines is 1. The lowest BCUT2D eigenvalue weighted by Crippen LogP contribution is -2.20. The van der Waals surface area contributed by atoms with E-state index in [9.17, 15) is 35.5 Å². The zero-order valence-electron chi connectivity index (χ0n) is 12.7. The number of ether oxygens (including phenoxy) is 1. The van der Waals surface area contributed by atoms with E-state index in [4.69, 9.17) is 0 Å². The van der Waals surface area contributed by atoms with Crippen LogP contribution in [0.1, 0.15) is 15.9 Å². The second-order valence-corrected chi connectivity index (χ2v) is 5.05. The fraction of sp³-hybridized carbons (Fsp3) is 0.188. The van der Waals surface area contributed by atoms with Gasteiger partial charge in [0.1, 0.15) is 11.6 Å². The van der Waals surface area contributed by atoms with E-state index >= 15 is 0 Å². The first-order chi connectivity index (χ1) is 12.0. The molecule has 1 N–H and O–H groups in total. The molecule has 0 fully saturated rings. The first kappa shape index (κ1) is 19.5. The SMILES string of the molecule is O=C(Nc1ccccc1OCC(F)(F)F)c1ccc(F)c(C(F)(F)F)c1. The molecule has 2 aromatic carbocycles. The number of hydrogen-bond acceptors (Lipinski definition) is 2. The summed E-state index contributed by atoms with van der Waals surface area (Å²) in [5.41, 5.74) is -2.34. The van der Waals surface area contributed by atoms with Gasteiger partial charge in [0, 0.05) is 5.56 Å². The number of nitrogens with one attached hydrogen (secondary N) is 1. The third kappa shape index (κ3) is 5.11. The van der Waals surface area contributed by atoms with E-state index in [1.807, 2.05) is 0 Å². The Morgan fingerprint density at radius 2 is 1.65 bits per heavy atom. The zero-order valence-corrected chi connectivity index (χ0v) is 12.7. The van der Waals surface area contributed by atoms with Crippen molar-refractivity contribution in [3.8, 4) is 5.75 Å². The number of alkyl halides is 6. The molecule has 0 saturated heterocycles. The highest BCUT2D eigenvalue weighted by Gasteiger charge is 2.34. The molecule has 140 valence electrons. The van der Waals surface area contributed by atoms with Crippen molar-refractivity contribution in [1.29, 1.82) is 0 Å². The first-order valence-electron chi connectivity index (χ1n) is 6.94. The summed E-state index contributed by atoms with van der Waals surface area (Å²) in [6.45, 7) is -1.62. The predicted molar refractivity (Wildman–Crippen MR) is 77.3 cm³/mol. The van der Waals surface area contributed by atoms with Crippen LogP contribution < -0.4 is 10.1 Å². The third-order valence-corrected chi connectivity index (χ3v) is 3.06. The Morgan fingerprint density at radius 3 is 2.27 bits per heavy atom. The van der Waals surface area contributed by atoms with E-state index in [1.54, 1.807) is 0 Å². The molecule has 26 heavy (non-hydrogen) atoms. The lowest BCUT2D eigenvalue weighted by atomic mass is 10.1. The van der Waals surface area contributed by atoms with Gasteiger partial charge in [-0.3, -0.25) is 4.79 Å². The maximum absolute atomic E-state index is 13.3. The van der Waals surface area contributed by atoms with Crippen molar-refractivity contribution in [3.05, 3.63) is 59.4 Å². The van der Waals surface area contributed by atoms with Crippen LogP contribution in [0, 0.1) is 5.82 Å². The van der Waals surface area contributed by atoms with Crippen LogP contribution in [0.25, 0.3) is 0 Å². The van der Waals surface area contributed by atoms with Gasteiger partial charge in [0.2, 0.25) is 0 Å². The van der Waals surface area contributed by atoms with E-state index < -0.39 is 41.8 Å². The minimum Gasteiger partial charge on any atom is -0.482 e. The molecule has 1 amide bonds. The van der Waals surface area contributed by atoms with Gasteiger partial charge >= 0.3 is 12.4 Å². The molecule has 0 atom stereocenters. The van der Waals surface area contributed by atoms with Gasteiger partial charge in [-0.25, -0.2) is 4.39 Å². The lowest BCUT2D eigenvalue weighted by Gasteiger charge is -2.14. The maximum atomic E-state index is 13.3. The summed E-state index contributed by atoms with van der Waals surface area (Å²) in [6, 6.07) is 6.68. The van der Waals surface area contributed by atoms with Gasteiger partial charge in [-0.2, -0.15) is 26.3 Å². The van der Waals surface area contributed by atoms with Gasteiger partial charge < -0.3 is 10.1 Å². The van der Waals surface area contributed by atoms with Crippen molar-refractivity contribution >= 4 is 11.6 Å². The van der Waals surface area contributed by atoms with Gasteiger partial charge in [-0.15, -0.1) is 0 Å². The van der Waals surface area contributed by atoms with Crippen LogP contribution in [0.4, 0.5) is 36.4 Å². The van der Waals surface area contributed by atoms with E-state index in [-0.39, 0.29) is 11.4 Å². The number of carbonyl (C=O) groups excluding carboxylic acids is 1. The van der Waals surface area contributed by atoms with Crippen LogP contribution in [-0.4, -0.2) is 18.7 Å². The quantitative estimate of drug-likeness (QED) is 0.754. The number of amides is 1. The molecule has 2 rings (SSSR count). The molecule has 0 bridgehead atoms. The van der Waals surface area contributed by atoms with Crippen LogP contribution in [0.3, 0.4) is 0 Å². The standard InChI is InChI=1S/C16H10F7NO2/c17-11-6-5-9(7-10(11)16(21,22)23)14(25)24-12-3-1-2-4-13(12)26-8-15(18,19)20/h1-7H,8H2,(H,24,25). The summed E-state index contributed by atoms with van der Waals surface area (Å²) in [5, 5.41) is 2.14. The lowest BCUT2D eigenvalue weighted by molar-refractivity contribution is -0.153. The predicted octanol–water partition coefficient (Wildman–Crippen LogP) is 5.04. The summed E-state index contributed by atoms with van der Waals surface area (Å²) >= 11 is 0. The Hall–Kier alpha value is -2.78. The summed E-state index contributed by atoms with van der Waals surface area (Å²) in [7, 11) is 0. The molecule has 0 heterocycles. The molecule has 0 spiro atoms. The molecule has 0 aliphatic rings. The molecule has 0 radical (unpaired) electrons. The molecule has 0 aliphatic heterocycles. The molecule has 0 aliphatic carbocycles. The largest absolute Gasteiger partial charge is 0.482 e. The number of para-hydroxylation sites is 2. The zero-order chi connectivity index (χ0) is 19.5. The summed E-state index contributed by atoms with van der Waals surface area (Å²) in [6.07, 6.45) is -9.62. The molecule has 10 heteroatoms. The van der Waals surface area contributed by atoms with Gasteiger partial charge in [-0.05, 0) is 30.3 Å². The van der Waals surface area contributed by atoms with Gasteiger partial charge in [-0.1, -0.05) is 12.1 Å². The molecule has 3 nitrogen and oxygen atoms in total. The third-order valence-electron chi connectivity index (χ3n) is 3.06. The minimum atomic E-state index is -5.01. The van der Waals surface area contributed by atoms with Gasteiger partial charge in [0.05, 0.1) is 11.3 Å². The molecule has 2 aromatic rings. The second-order valence-electron chi connectivity index (χ2n) is 5.05. The fourth-order valence-corrected chi connectivity index (χ4v) is 1.93. The first-order valence-corrected chi connectivity index (χ1v) is 6.94. The van der Waals surface area contributed by atoms with Crippen LogP contribution in [-0.2, 0) is 6.18 Å². The van der Waals surface area contributed by atoms with E-state index in [0.29, 0.717) is 12.1 Å². The van der Waals surface area contributed by atoms with Crippen LogP contribution >= 0.6 is 0 Å². The van der Waals surface area contributed by atoms with Gasteiger partial charge in [0.15, 0.2) is 6.61 Å². The van der Waals surface area contributed by atoms with E-state index in [1.165, 1.54) is 18.2 Å². The topological polar surface area (TPSA) is 38.3 Å². The highest BCUT2D eigenvalue weighted by atomic mass is 19.4. The number of halogens is 7. The molecule has 0 unspecified atom stereocenters. The van der Waals surface area contributed by atoms with Crippen LogP contribution in [0.5, 0.6) is 5.75 Å². The highest BCUT2D eigenvalue weighted by Crippen LogP contribution is 2.32. The maximum Gasteiger partial charge on any atom is 0.422 e. The summed E-state index contributed by atoms with van der Waals surface area (Å²) < 4.78 is 92.6. The molecular formula is C16H10F7NO2. The smallest absolute Gasteiger partial charge is 0.422 e. The summed E-state index contributed by atoms with van der Waals surface area (Å²) in [4.78, 5) is 12.1. The van der Waals surface area contributed by atoms with Crippen molar-refractivity contribution in [2.75, 3.05) is 11.9 Å². The Labute approximate surface area is 142 Å². The Morgan fingerprint density at radius 1 is 1.00 bits per heavy atom. The molecular weight excluding hydrogens is 371 g/mol. The monoisotopic (exact) mass is 381 g/mol. The Balaban J connectivity index is 2.23. The van der Waals surface area contributed by atoms with Crippen molar-refractivity contribution in [2.24, 2.45) is 0 Å². The summed E-state index contributed by atoms with van der Waals surface area (Å²) in [5.74, 6) is -2.95. The number of benzene rings is 2. The number of rotatable bonds is 4. The van der Waals surface area contributed by atoms with Crippen molar-refractivity contribution < 1.29 is 40.3 Å². The highest BCUT2D eigenvalue weighted by molar-refractivity contribution is 6.05. The van der Waals surface area contributed by atoms with E-state index in [2.05, 4.69) is 10.1 Å². The minimum absolute atomic E-state index is 0.181. The van der Waals surface area contributed by atoms with Crippen LogP contribution in [0.15, 0.2) is 42.5 Å². The van der Waals surface area contributed by atoms with Crippen molar-refractivity contribution in [3.63, 3.8) is 0 Å². The van der Waals surface area contributed by atoms with Crippen molar-refractivity contribution in [2.45, 2.75) is 12.4 Å². The fourth-order valence-electron chi connectivity index (χ4n) is 1.93. The normalized spacial score (nSPS) is 12.0. The number of hydrogen-bond donors (Lipinski definition) is 1. The second kappa shape index (κ2) is 7.22. The van der Waals surface area contributed by atoms with Crippen molar-refractivity contribution in [1.82, 2.24) is 0 Å². The average Bonchev–Trinajstić information content (AvgIpc) is 2.52.